The van der Waals surface area contributed by atoms with E-state index < -0.39 is 11.5 Å². The second kappa shape index (κ2) is 3.47. The Hall–Kier alpha value is -1.69. The molecule has 0 fully saturated rings. The summed E-state index contributed by atoms with van der Waals surface area (Å²) in [6.45, 7) is 1.78. The lowest BCUT2D eigenvalue weighted by atomic mass is 10.2. The molecule has 1 N–H and O–H groups in total. The number of carboxylic acid groups (broad SMARTS) is 1. The third-order valence-corrected chi connectivity index (χ3v) is 2.85. The first-order valence-electron chi connectivity index (χ1n) is 4.37. The van der Waals surface area contributed by atoms with E-state index in [1.807, 2.05) is 0 Å². The summed E-state index contributed by atoms with van der Waals surface area (Å²) in [5.41, 5.74) is -0.394. The van der Waals surface area contributed by atoms with Crippen molar-refractivity contribution in [2.45, 2.75) is 13.3 Å². The molecule has 2 aromatic rings. The molecule has 0 saturated carbocycles. The lowest BCUT2D eigenvalue weighted by Crippen LogP contribution is -2.24. The number of carboxylic acids is 1. The predicted octanol–water partition coefficient (Wildman–Crippen LogP) is 1.02. The topological polar surface area (TPSA) is 71.7 Å². The third kappa shape index (κ3) is 1.42. The van der Waals surface area contributed by atoms with Crippen molar-refractivity contribution in [1.29, 1.82) is 0 Å². The molecule has 0 unspecified atom stereocenters. The van der Waals surface area contributed by atoms with Gasteiger partial charge < -0.3 is 5.11 Å². The molecule has 78 valence electrons. The Morgan fingerprint density at radius 2 is 2.40 bits per heavy atom. The molecular weight excluding hydrogens is 216 g/mol. The fourth-order valence-corrected chi connectivity index (χ4v) is 2.12. The molecule has 0 bridgehead atoms. The molecule has 0 aliphatic carbocycles. The van der Waals surface area contributed by atoms with Crippen LogP contribution in [0.4, 0.5) is 0 Å². The summed E-state index contributed by atoms with van der Waals surface area (Å²) in [5.74, 6) is -1.22. The lowest BCUT2D eigenvalue weighted by Gasteiger charge is -2.02. The third-order valence-electron chi connectivity index (χ3n) is 2.09. The summed E-state index contributed by atoms with van der Waals surface area (Å²) in [6, 6.07) is 0. The van der Waals surface area contributed by atoms with E-state index in [2.05, 4.69) is 4.98 Å². The fraction of sp³-hybridized carbons (Fsp3) is 0.222. The molecule has 2 heterocycles. The first-order valence-corrected chi connectivity index (χ1v) is 5.25. The van der Waals surface area contributed by atoms with Crippen molar-refractivity contribution < 1.29 is 9.90 Å². The van der Waals surface area contributed by atoms with Gasteiger partial charge in [-0.3, -0.25) is 9.20 Å². The average Bonchev–Trinajstić information content (AvgIpc) is 2.64. The number of hydrogen-bond donors (Lipinski definition) is 1. The lowest BCUT2D eigenvalue weighted by molar-refractivity contribution is 0.0693. The van der Waals surface area contributed by atoms with Crippen LogP contribution in [0, 0.1) is 0 Å². The minimum atomic E-state index is -1.22. The molecule has 15 heavy (non-hydrogen) atoms. The van der Waals surface area contributed by atoms with Gasteiger partial charge in [0.1, 0.15) is 5.56 Å². The molecule has 0 aliphatic rings. The van der Waals surface area contributed by atoms with Crippen molar-refractivity contribution in [2.75, 3.05) is 0 Å². The summed E-state index contributed by atoms with van der Waals surface area (Å²) in [4.78, 5) is 27.3. The van der Waals surface area contributed by atoms with Crippen LogP contribution >= 0.6 is 11.3 Å². The highest BCUT2D eigenvalue weighted by Crippen LogP contribution is 2.10. The van der Waals surface area contributed by atoms with Crippen molar-refractivity contribution in [2.24, 2.45) is 0 Å². The Bertz CT molecular complexity index is 585. The summed E-state index contributed by atoms with van der Waals surface area (Å²) < 4.78 is 1.26. The Balaban J connectivity index is 2.92. The molecule has 0 amide bonds. The van der Waals surface area contributed by atoms with Crippen molar-refractivity contribution in [3.05, 3.63) is 33.2 Å². The Kier molecular flexibility index (Phi) is 2.28. The number of carbonyl (C=O) groups is 1. The van der Waals surface area contributed by atoms with Crippen molar-refractivity contribution >= 4 is 22.3 Å². The SMILES string of the molecule is CCc1nc2sccn2c(=O)c1C(=O)O. The highest BCUT2D eigenvalue weighted by Gasteiger charge is 2.17. The molecule has 0 aliphatic heterocycles. The first kappa shape index (κ1) is 9.85. The quantitative estimate of drug-likeness (QED) is 0.826. The average molecular weight is 224 g/mol. The van der Waals surface area contributed by atoms with Gasteiger partial charge in [0.2, 0.25) is 0 Å². The van der Waals surface area contributed by atoms with E-state index in [1.165, 1.54) is 21.9 Å². The standard InChI is InChI=1S/C9H8N2O3S/c1-2-5-6(8(13)14)7(12)11-3-4-15-9(11)10-5/h3-4H,2H2,1H3,(H,13,14). The van der Waals surface area contributed by atoms with Gasteiger partial charge in [-0.05, 0) is 6.42 Å². The Morgan fingerprint density at radius 1 is 1.67 bits per heavy atom. The highest BCUT2D eigenvalue weighted by atomic mass is 32.1. The zero-order valence-corrected chi connectivity index (χ0v) is 8.74. The number of nitrogens with zero attached hydrogens (tertiary/aromatic N) is 2. The van der Waals surface area contributed by atoms with Crippen LogP contribution in [0.2, 0.25) is 0 Å². The minimum Gasteiger partial charge on any atom is -0.477 e. The smallest absolute Gasteiger partial charge is 0.343 e. The number of aryl methyl sites for hydroxylation is 1. The number of thiazole rings is 1. The van der Waals surface area contributed by atoms with Crippen LogP contribution in [0.5, 0.6) is 0 Å². The van der Waals surface area contributed by atoms with Gasteiger partial charge >= 0.3 is 5.97 Å². The molecule has 0 radical (unpaired) electrons. The molecule has 6 heteroatoms. The van der Waals surface area contributed by atoms with Gasteiger partial charge in [0, 0.05) is 11.6 Å². The van der Waals surface area contributed by atoms with Crippen LogP contribution in [-0.2, 0) is 6.42 Å². The van der Waals surface area contributed by atoms with Crippen molar-refractivity contribution in [1.82, 2.24) is 9.38 Å². The second-order valence-corrected chi connectivity index (χ2v) is 3.83. The van der Waals surface area contributed by atoms with Crippen LogP contribution in [-0.4, -0.2) is 20.5 Å². The van der Waals surface area contributed by atoms with Crippen LogP contribution in [0.15, 0.2) is 16.4 Å². The van der Waals surface area contributed by atoms with E-state index in [-0.39, 0.29) is 5.56 Å². The Morgan fingerprint density at radius 3 is 3.00 bits per heavy atom. The van der Waals surface area contributed by atoms with Crippen LogP contribution in [0.3, 0.4) is 0 Å². The summed E-state index contributed by atoms with van der Waals surface area (Å²) in [6.07, 6.45) is 1.96. The monoisotopic (exact) mass is 224 g/mol. The maximum atomic E-state index is 11.8. The largest absolute Gasteiger partial charge is 0.477 e. The van der Waals surface area contributed by atoms with Gasteiger partial charge in [0.25, 0.3) is 5.56 Å². The number of rotatable bonds is 2. The second-order valence-electron chi connectivity index (χ2n) is 2.95. The predicted molar refractivity (Wildman–Crippen MR) is 55.7 cm³/mol. The van der Waals surface area contributed by atoms with E-state index in [9.17, 15) is 9.59 Å². The van der Waals surface area contributed by atoms with Crippen molar-refractivity contribution in [3.63, 3.8) is 0 Å². The molecular formula is C9H8N2O3S. The molecule has 0 aromatic carbocycles. The fourth-order valence-electron chi connectivity index (χ4n) is 1.39. The number of hydrogen-bond acceptors (Lipinski definition) is 4. The number of aromatic carboxylic acids is 1. The molecule has 5 nitrogen and oxygen atoms in total. The zero-order chi connectivity index (χ0) is 11.0. The summed E-state index contributed by atoms with van der Waals surface area (Å²) in [5, 5.41) is 10.6. The summed E-state index contributed by atoms with van der Waals surface area (Å²) in [7, 11) is 0. The Labute approximate surface area is 88.6 Å². The van der Waals surface area contributed by atoms with Gasteiger partial charge in [-0.15, -0.1) is 11.3 Å². The molecule has 0 saturated heterocycles. The molecule has 0 spiro atoms. The molecule has 2 aromatic heterocycles. The van der Waals surface area contributed by atoms with E-state index >= 15 is 0 Å². The molecule has 0 atom stereocenters. The van der Waals surface area contributed by atoms with E-state index in [0.717, 1.165) is 0 Å². The van der Waals surface area contributed by atoms with Crippen molar-refractivity contribution in [3.8, 4) is 0 Å². The highest BCUT2D eigenvalue weighted by molar-refractivity contribution is 7.15. The molecule has 2 rings (SSSR count). The van der Waals surface area contributed by atoms with Gasteiger partial charge in [0.15, 0.2) is 4.96 Å². The van der Waals surface area contributed by atoms with E-state index in [0.29, 0.717) is 17.1 Å². The van der Waals surface area contributed by atoms with Gasteiger partial charge in [0.05, 0.1) is 5.69 Å². The maximum Gasteiger partial charge on any atom is 0.343 e. The zero-order valence-electron chi connectivity index (χ0n) is 7.93. The van der Waals surface area contributed by atoms with E-state index in [4.69, 9.17) is 5.11 Å². The number of aromatic nitrogens is 2. The van der Waals surface area contributed by atoms with Crippen LogP contribution in [0.25, 0.3) is 4.96 Å². The normalized spacial score (nSPS) is 10.7. The van der Waals surface area contributed by atoms with E-state index in [1.54, 1.807) is 12.3 Å². The first-order chi connectivity index (χ1) is 7.15. The van der Waals surface area contributed by atoms with Crippen LogP contribution < -0.4 is 5.56 Å². The maximum absolute atomic E-state index is 11.8. The van der Waals surface area contributed by atoms with Gasteiger partial charge in [-0.2, -0.15) is 0 Å². The minimum absolute atomic E-state index is 0.228. The van der Waals surface area contributed by atoms with Gasteiger partial charge in [-0.1, -0.05) is 6.92 Å². The number of fused-ring (bicyclic) bond motifs is 1. The van der Waals surface area contributed by atoms with Gasteiger partial charge in [-0.25, -0.2) is 9.78 Å². The summed E-state index contributed by atoms with van der Waals surface area (Å²) >= 11 is 1.31. The van der Waals surface area contributed by atoms with Crippen LogP contribution in [0.1, 0.15) is 23.0 Å².